The van der Waals surface area contributed by atoms with Crippen LogP contribution in [0.1, 0.15) is 5.56 Å². The SMILES string of the molecule is O=C(COCC(F)(F)C(F)F)Cc1ccoc1. The van der Waals surface area contributed by atoms with Crippen molar-refractivity contribution in [3.8, 4) is 0 Å². The summed E-state index contributed by atoms with van der Waals surface area (Å²) < 4.78 is 57.1. The molecule has 0 spiro atoms. The quantitative estimate of drug-likeness (QED) is 0.701. The van der Waals surface area contributed by atoms with Crippen LogP contribution in [-0.2, 0) is 16.0 Å². The molecule has 0 atom stereocenters. The molecule has 0 aliphatic rings. The Morgan fingerprint density at radius 2 is 2.18 bits per heavy atom. The average Bonchev–Trinajstić information content (AvgIpc) is 2.69. The van der Waals surface area contributed by atoms with Crippen LogP contribution in [0, 0.1) is 0 Å². The lowest BCUT2D eigenvalue weighted by Crippen LogP contribution is -2.33. The summed E-state index contributed by atoms with van der Waals surface area (Å²) >= 11 is 0. The zero-order chi connectivity index (χ0) is 12.9. The summed E-state index contributed by atoms with van der Waals surface area (Å²) in [6, 6.07) is 1.53. The molecule has 0 aromatic carbocycles. The van der Waals surface area contributed by atoms with E-state index in [0.29, 0.717) is 5.56 Å². The fourth-order valence-corrected chi connectivity index (χ4v) is 1.04. The van der Waals surface area contributed by atoms with E-state index < -0.39 is 31.3 Å². The van der Waals surface area contributed by atoms with Crippen LogP contribution in [0.25, 0.3) is 0 Å². The van der Waals surface area contributed by atoms with Gasteiger partial charge in [-0.15, -0.1) is 0 Å². The number of carbonyl (C=O) groups is 1. The lowest BCUT2D eigenvalue weighted by Gasteiger charge is -2.14. The number of Topliss-reactive ketones (excluding diaryl/α,β-unsaturated/α-hetero) is 1. The summed E-state index contributed by atoms with van der Waals surface area (Å²) in [5.41, 5.74) is 0.569. The second-order valence-corrected chi connectivity index (χ2v) is 3.40. The van der Waals surface area contributed by atoms with Crippen molar-refractivity contribution in [2.24, 2.45) is 0 Å². The van der Waals surface area contributed by atoms with Crippen LogP contribution < -0.4 is 0 Å². The molecule has 1 heterocycles. The number of ketones is 1. The lowest BCUT2D eigenvalue weighted by molar-refractivity contribution is -0.168. The highest BCUT2D eigenvalue weighted by Gasteiger charge is 2.41. The van der Waals surface area contributed by atoms with Gasteiger partial charge in [0.25, 0.3) is 0 Å². The third-order valence-electron chi connectivity index (χ3n) is 1.86. The predicted molar refractivity (Wildman–Crippen MR) is 49.2 cm³/mol. The molecule has 0 amide bonds. The van der Waals surface area contributed by atoms with E-state index in [0.717, 1.165) is 0 Å². The van der Waals surface area contributed by atoms with Gasteiger partial charge in [0.15, 0.2) is 5.78 Å². The summed E-state index contributed by atoms with van der Waals surface area (Å²) in [5.74, 6) is -4.72. The normalized spacial score (nSPS) is 12.1. The van der Waals surface area contributed by atoms with Crippen LogP contribution in [0.15, 0.2) is 23.0 Å². The van der Waals surface area contributed by atoms with Crippen LogP contribution in [0.5, 0.6) is 0 Å². The molecular formula is C10H10F4O3. The first-order chi connectivity index (χ1) is 7.92. The molecule has 0 radical (unpaired) electrons. The molecule has 0 saturated carbocycles. The van der Waals surface area contributed by atoms with Crippen molar-refractivity contribution in [1.82, 2.24) is 0 Å². The number of hydrogen-bond acceptors (Lipinski definition) is 3. The number of furan rings is 1. The molecule has 7 heteroatoms. The van der Waals surface area contributed by atoms with Gasteiger partial charge in [-0.05, 0) is 11.6 Å². The molecule has 17 heavy (non-hydrogen) atoms. The highest BCUT2D eigenvalue weighted by molar-refractivity contribution is 5.81. The van der Waals surface area contributed by atoms with E-state index in [1.807, 2.05) is 0 Å². The molecule has 0 saturated heterocycles. The molecule has 0 aliphatic carbocycles. The molecule has 0 aliphatic heterocycles. The summed E-state index contributed by atoms with van der Waals surface area (Å²) in [7, 11) is 0. The molecular weight excluding hydrogens is 244 g/mol. The maximum absolute atomic E-state index is 12.4. The first-order valence-electron chi connectivity index (χ1n) is 4.68. The second-order valence-electron chi connectivity index (χ2n) is 3.40. The van der Waals surface area contributed by atoms with Crippen molar-refractivity contribution in [2.75, 3.05) is 13.2 Å². The Morgan fingerprint density at radius 1 is 1.47 bits per heavy atom. The maximum atomic E-state index is 12.4. The van der Waals surface area contributed by atoms with E-state index in [1.165, 1.54) is 18.6 Å². The third-order valence-corrected chi connectivity index (χ3v) is 1.86. The van der Waals surface area contributed by atoms with Gasteiger partial charge in [-0.2, -0.15) is 8.78 Å². The number of carbonyl (C=O) groups excluding carboxylic acids is 1. The predicted octanol–water partition coefficient (Wildman–Crippen LogP) is 2.31. The largest absolute Gasteiger partial charge is 0.472 e. The van der Waals surface area contributed by atoms with Gasteiger partial charge in [-0.25, -0.2) is 8.78 Å². The van der Waals surface area contributed by atoms with Crippen LogP contribution in [0.4, 0.5) is 17.6 Å². The number of ether oxygens (including phenoxy) is 1. The van der Waals surface area contributed by atoms with Crippen molar-refractivity contribution >= 4 is 5.78 Å². The van der Waals surface area contributed by atoms with Crippen LogP contribution in [-0.4, -0.2) is 31.3 Å². The molecule has 0 bridgehead atoms. The smallest absolute Gasteiger partial charge is 0.330 e. The van der Waals surface area contributed by atoms with Gasteiger partial charge in [0.05, 0.1) is 12.5 Å². The molecule has 1 aromatic rings. The Labute approximate surface area is 94.4 Å². The molecule has 0 fully saturated rings. The minimum atomic E-state index is -4.23. The van der Waals surface area contributed by atoms with Crippen molar-refractivity contribution in [2.45, 2.75) is 18.8 Å². The zero-order valence-electron chi connectivity index (χ0n) is 8.67. The van der Waals surface area contributed by atoms with Gasteiger partial charge in [-0.3, -0.25) is 4.79 Å². The van der Waals surface area contributed by atoms with Crippen molar-refractivity contribution < 1.29 is 31.5 Å². The fraction of sp³-hybridized carbons (Fsp3) is 0.500. The van der Waals surface area contributed by atoms with Crippen molar-refractivity contribution in [3.63, 3.8) is 0 Å². The molecule has 0 unspecified atom stereocenters. The topological polar surface area (TPSA) is 39.4 Å². The first-order valence-corrected chi connectivity index (χ1v) is 4.68. The Hall–Kier alpha value is -1.37. The van der Waals surface area contributed by atoms with Gasteiger partial charge >= 0.3 is 12.3 Å². The Morgan fingerprint density at radius 3 is 2.71 bits per heavy atom. The van der Waals surface area contributed by atoms with E-state index in [1.54, 1.807) is 0 Å². The second kappa shape index (κ2) is 5.81. The third kappa shape index (κ3) is 4.56. The lowest BCUT2D eigenvalue weighted by atomic mass is 10.2. The molecule has 3 nitrogen and oxygen atoms in total. The summed E-state index contributed by atoms with van der Waals surface area (Å²) in [5, 5.41) is 0. The van der Waals surface area contributed by atoms with Gasteiger partial charge < -0.3 is 9.15 Å². The number of halogens is 4. The number of rotatable bonds is 7. The fourth-order valence-electron chi connectivity index (χ4n) is 1.04. The highest BCUT2D eigenvalue weighted by atomic mass is 19.3. The highest BCUT2D eigenvalue weighted by Crippen LogP contribution is 2.22. The summed E-state index contributed by atoms with van der Waals surface area (Å²) in [4.78, 5) is 11.2. The summed E-state index contributed by atoms with van der Waals surface area (Å²) in [6.07, 6.45) is -1.16. The molecule has 0 N–H and O–H groups in total. The van der Waals surface area contributed by atoms with E-state index >= 15 is 0 Å². The molecule has 1 aromatic heterocycles. The van der Waals surface area contributed by atoms with Crippen LogP contribution in [0.3, 0.4) is 0 Å². The van der Waals surface area contributed by atoms with Gasteiger partial charge in [0.2, 0.25) is 0 Å². The number of hydrogen-bond donors (Lipinski definition) is 0. The Bertz CT molecular complexity index is 348. The standard InChI is InChI=1S/C10H10F4O3/c11-9(12)10(13,14)6-17-5-8(15)3-7-1-2-16-4-7/h1-2,4,9H,3,5-6H2. The summed E-state index contributed by atoms with van der Waals surface area (Å²) in [6.45, 7) is -2.10. The monoisotopic (exact) mass is 254 g/mol. The Balaban J connectivity index is 2.25. The van der Waals surface area contributed by atoms with Crippen LogP contribution >= 0.6 is 0 Å². The van der Waals surface area contributed by atoms with Crippen LogP contribution in [0.2, 0.25) is 0 Å². The molecule has 1 rings (SSSR count). The zero-order valence-corrected chi connectivity index (χ0v) is 8.67. The van der Waals surface area contributed by atoms with Crippen molar-refractivity contribution in [1.29, 1.82) is 0 Å². The number of alkyl halides is 4. The molecule has 96 valence electrons. The van der Waals surface area contributed by atoms with E-state index in [2.05, 4.69) is 4.74 Å². The van der Waals surface area contributed by atoms with E-state index in [9.17, 15) is 22.4 Å². The minimum absolute atomic E-state index is 0.0449. The van der Waals surface area contributed by atoms with Crippen molar-refractivity contribution in [3.05, 3.63) is 24.2 Å². The minimum Gasteiger partial charge on any atom is -0.472 e. The Kier molecular flexibility index (Phi) is 4.68. The van der Waals surface area contributed by atoms with E-state index in [-0.39, 0.29) is 6.42 Å². The van der Waals surface area contributed by atoms with Gasteiger partial charge in [-0.1, -0.05) is 0 Å². The van der Waals surface area contributed by atoms with Gasteiger partial charge in [0.1, 0.15) is 13.2 Å². The average molecular weight is 254 g/mol. The van der Waals surface area contributed by atoms with E-state index in [4.69, 9.17) is 4.42 Å². The first kappa shape index (κ1) is 13.7. The van der Waals surface area contributed by atoms with Gasteiger partial charge in [0, 0.05) is 6.42 Å². The maximum Gasteiger partial charge on any atom is 0.330 e.